The largest absolute Gasteiger partial charge is 0.349 e. The van der Waals surface area contributed by atoms with Gasteiger partial charge in [-0.2, -0.15) is 0 Å². The van der Waals surface area contributed by atoms with Crippen molar-refractivity contribution >= 4 is 23.4 Å². The Morgan fingerprint density at radius 1 is 0.938 bits per heavy atom. The summed E-state index contributed by atoms with van der Waals surface area (Å²) in [7, 11) is 0. The first-order valence-electron chi connectivity index (χ1n) is 11.0. The zero-order valence-corrected chi connectivity index (χ0v) is 19.1. The van der Waals surface area contributed by atoms with Crippen LogP contribution < -0.4 is 10.6 Å². The number of piperazine rings is 1. The number of anilines is 1. The second-order valence-corrected chi connectivity index (χ2v) is 8.32. The van der Waals surface area contributed by atoms with Crippen molar-refractivity contribution in [3.8, 4) is 0 Å². The van der Waals surface area contributed by atoms with E-state index in [4.69, 9.17) is 0 Å². The van der Waals surface area contributed by atoms with Crippen LogP contribution in [0.3, 0.4) is 0 Å². The second-order valence-electron chi connectivity index (χ2n) is 8.32. The van der Waals surface area contributed by atoms with E-state index in [1.807, 2.05) is 67.3 Å². The van der Waals surface area contributed by atoms with Gasteiger partial charge in [-0.05, 0) is 36.6 Å². The highest BCUT2D eigenvalue weighted by Crippen LogP contribution is 2.19. The van der Waals surface area contributed by atoms with E-state index in [0.29, 0.717) is 32.7 Å². The van der Waals surface area contributed by atoms with Crippen molar-refractivity contribution in [2.24, 2.45) is 0 Å². The number of hydrogen-bond acceptors (Lipinski definition) is 4. The van der Waals surface area contributed by atoms with Crippen LogP contribution in [0.15, 0.2) is 48.5 Å². The van der Waals surface area contributed by atoms with Crippen molar-refractivity contribution in [3.63, 3.8) is 0 Å². The Morgan fingerprint density at radius 3 is 2.28 bits per heavy atom. The minimum atomic E-state index is -0.345. The Labute approximate surface area is 189 Å². The first-order valence-corrected chi connectivity index (χ1v) is 11.0. The SMILES string of the molecule is CC(=O)N[C@H](CC(=O)N1CCN(CC(=O)Nc2cccc(C)c2C)CC1)c1ccccc1. The zero-order chi connectivity index (χ0) is 23.1. The molecule has 1 saturated heterocycles. The Hall–Kier alpha value is -3.19. The highest BCUT2D eigenvalue weighted by Gasteiger charge is 2.25. The van der Waals surface area contributed by atoms with E-state index >= 15 is 0 Å². The normalized spacial score (nSPS) is 15.2. The van der Waals surface area contributed by atoms with Gasteiger partial charge in [-0.1, -0.05) is 42.5 Å². The molecule has 7 heteroatoms. The van der Waals surface area contributed by atoms with E-state index in [1.165, 1.54) is 6.92 Å². The molecular weight excluding hydrogens is 404 g/mol. The summed E-state index contributed by atoms with van der Waals surface area (Å²) in [6.07, 6.45) is 0.219. The second kappa shape index (κ2) is 10.9. The van der Waals surface area contributed by atoms with E-state index in [-0.39, 0.29) is 30.2 Å². The van der Waals surface area contributed by atoms with Crippen molar-refractivity contribution < 1.29 is 14.4 Å². The molecule has 0 aliphatic carbocycles. The van der Waals surface area contributed by atoms with Crippen LogP contribution in [0.2, 0.25) is 0 Å². The highest BCUT2D eigenvalue weighted by molar-refractivity contribution is 5.93. The number of aryl methyl sites for hydroxylation is 1. The van der Waals surface area contributed by atoms with Gasteiger partial charge in [0.1, 0.15) is 0 Å². The molecule has 2 aromatic rings. The quantitative estimate of drug-likeness (QED) is 0.699. The first kappa shape index (κ1) is 23.5. The molecule has 2 aromatic carbocycles. The number of nitrogens with zero attached hydrogens (tertiary/aromatic N) is 2. The number of carbonyl (C=O) groups excluding carboxylic acids is 3. The molecule has 3 rings (SSSR count). The Balaban J connectivity index is 1.50. The smallest absolute Gasteiger partial charge is 0.238 e. The van der Waals surface area contributed by atoms with Gasteiger partial charge in [-0.25, -0.2) is 0 Å². The highest BCUT2D eigenvalue weighted by atomic mass is 16.2. The summed E-state index contributed by atoms with van der Waals surface area (Å²) in [6.45, 7) is 8.20. The van der Waals surface area contributed by atoms with Gasteiger partial charge in [0.2, 0.25) is 17.7 Å². The predicted molar refractivity (Wildman–Crippen MR) is 125 cm³/mol. The molecule has 0 radical (unpaired) electrons. The fourth-order valence-corrected chi connectivity index (χ4v) is 3.92. The molecule has 0 spiro atoms. The van der Waals surface area contributed by atoms with Gasteiger partial charge in [0.05, 0.1) is 19.0 Å². The van der Waals surface area contributed by atoms with Crippen molar-refractivity contribution in [2.45, 2.75) is 33.2 Å². The summed E-state index contributed by atoms with van der Waals surface area (Å²) in [4.78, 5) is 40.9. The molecule has 32 heavy (non-hydrogen) atoms. The number of benzene rings is 2. The average Bonchev–Trinajstić information content (AvgIpc) is 2.77. The summed E-state index contributed by atoms with van der Waals surface area (Å²) < 4.78 is 0. The lowest BCUT2D eigenvalue weighted by Gasteiger charge is -2.35. The van der Waals surface area contributed by atoms with Crippen molar-refractivity contribution in [2.75, 3.05) is 38.0 Å². The van der Waals surface area contributed by atoms with Gasteiger partial charge in [0.25, 0.3) is 0 Å². The molecular formula is C25H32N4O3. The standard InChI is InChI=1S/C25H32N4O3/c1-18-8-7-11-22(19(18)2)27-24(31)17-28-12-14-29(15-13-28)25(32)16-23(26-20(3)30)21-9-5-4-6-10-21/h4-11,23H,12-17H2,1-3H3,(H,26,30)(H,27,31)/t23-/m1/s1. The third kappa shape index (κ3) is 6.40. The van der Waals surface area contributed by atoms with Crippen LogP contribution in [0.1, 0.15) is 36.1 Å². The Morgan fingerprint density at radius 2 is 1.62 bits per heavy atom. The number of hydrogen-bond donors (Lipinski definition) is 2. The molecule has 0 bridgehead atoms. The van der Waals surface area contributed by atoms with Crippen molar-refractivity contribution in [1.82, 2.24) is 15.1 Å². The van der Waals surface area contributed by atoms with Crippen LogP contribution in [0.25, 0.3) is 0 Å². The van der Waals surface area contributed by atoms with Gasteiger partial charge < -0.3 is 15.5 Å². The maximum Gasteiger partial charge on any atom is 0.238 e. The fraction of sp³-hybridized carbons (Fsp3) is 0.400. The van der Waals surface area contributed by atoms with Gasteiger partial charge in [-0.15, -0.1) is 0 Å². The molecule has 170 valence electrons. The molecule has 1 aliphatic rings. The van der Waals surface area contributed by atoms with E-state index in [1.54, 1.807) is 0 Å². The Bertz CT molecular complexity index is 953. The van der Waals surface area contributed by atoms with Crippen LogP contribution in [0.4, 0.5) is 5.69 Å². The van der Waals surface area contributed by atoms with Gasteiger partial charge >= 0.3 is 0 Å². The van der Waals surface area contributed by atoms with Crippen LogP contribution in [0.5, 0.6) is 0 Å². The number of carbonyl (C=O) groups is 3. The lowest BCUT2D eigenvalue weighted by Crippen LogP contribution is -2.51. The minimum absolute atomic E-state index is 0.00656. The first-order chi connectivity index (χ1) is 15.3. The molecule has 3 amide bonds. The molecule has 1 heterocycles. The van der Waals surface area contributed by atoms with Crippen LogP contribution in [-0.2, 0) is 14.4 Å². The molecule has 0 unspecified atom stereocenters. The topological polar surface area (TPSA) is 81.8 Å². The lowest BCUT2D eigenvalue weighted by molar-refractivity contribution is -0.133. The van der Waals surface area contributed by atoms with E-state index < -0.39 is 0 Å². The summed E-state index contributed by atoms with van der Waals surface area (Å²) in [6, 6.07) is 15.1. The molecule has 7 nitrogen and oxygen atoms in total. The molecule has 0 saturated carbocycles. The van der Waals surface area contributed by atoms with E-state index in [2.05, 4.69) is 15.5 Å². The summed E-state index contributed by atoms with van der Waals surface area (Å²) >= 11 is 0. The average molecular weight is 437 g/mol. The molecule has 2 N–H and O–H groups in total. The van der Waals surface area contributed by atoms with E-state index in [9.17, 15) is 14.4 Å². The monoisotopic (exact) mass is 436 g/mol. The van der Waals surface area contributed by atoms with Crippen LogP contribution in [0, 0.1) is 13.8 Å². The summed E-state index contributed by atoms with van der Waals surface area (Å²) in [5.74, 6) is -0.202. The Kier molecular flexibility index (Phi) is 8.00. The van der Waals surface area contributed by atoms with Gasteiger partial charge in [-0.3, -0.25) is 19.3 Å². The number of rotatable bonds is 7. The summed E-state index contributed by atoms with van der Waals surface area (Å²) in [5, 5.41) is 5.88. The third-order valence-electron chi connectivity index (χ3n) is 5.93. The number of nitrogens with one attached hydrogen (secondary N) is 2. The zero-order valence-electron chi connectivity index (χ0n) is 19.1. The van der Waals surface area contributed by atoms with Crippen LogP contribution >= 0.6 is 0 Å². The van der Waals surface area contributed by atoms with Gasteiger partial charge in [0.15, 0.2) is 0 Å². The number of amides is 3. The molecule has 1 fully saturated rings. The maximum atomic E-state index is 12.9. The lowest BCUT2D eigenvalue weighted by atomic mass is 10.0. The van der Waals surface area contributed by atoms with Crippen molar-refractivity contribution in [1.29, 1.82) is 0 Å². The van der Waals surface area contributed by atoms with Crippen molar-refractivity contribution in [3.05, 3.63) is 65.2 Å². The molecule has 0 aromatic heterocycles. The minimum Gasteiger partial charge on any atom is -0.349 e. The maximum absolute atomic E-state index is 12.9. The molecule has 1 aliphatic heterocycles. The predicted octanol–water partition coefficient (Wildman–Crippen LogP) is 2.65. The molecule has 1 atom stereocenters. The van der Waals surface area contributed by atoms with Crippen LogP contribution in [-0.4, -0.2) is 60.2 Å². The fourth-order valence-electron chi connectivity index (χ4n) is 3.92. The third-order valence-corrected chi connectivity index (χ3v) is 5.93. The van der Waals surface area contributed by atoms with Gasteiger partial charge in [0, 0.05) is 38.8 Å². The summed E-state index contributed by atoms with van der Waals surface area (Å²) in [5.41, 5.74) is 3.97. The van der Waals surface area contributed by atoms with E-state index in [0.717, 1.165) is 22.4 Å².